The number of hydrogen-bond acceptors (Lipinski definition) is 3. The van der Waals surface area contributed by atoms with Gasteiger partial charge in [-0.25, -0.2) is 0 Å². The molecule has 0 radical (unpaired) electrons. The van der Waals surface area contributed by atoms with E-state index in [-0.39, 0.29) is 19.0 Å². The summed E-state index contributed by atoms with van der Waals surface area (Å²) in [5.74, 6) is -1.53. The van der Waals surface area contributed by atoms with Gasteiger partial charge in [0.05, 0.1) is 11.3 Å². The number of aliphatic carboxylic acids is 1. The third-order valence-corrected chi connectivity index (χ3v) is 4.49. The average molecular weight is 290 g/mol. The van der Waals surface area contributed by atoms with E-state index in [4.69, 9.17) is 5.73 Å². The first-order chi connectivity index (χ1) is 9.92. The maximum Gasteiger partial charge on any atom is 0.308 e. The van der Waals surface area contributed by atoms with E-state index in [9.17, 15) is 14.7 Å². The molecule has 114 valence electrons. The molecule has 0 bridgehead atoms. The van der Waals surface area contributed by atoms with Gasteiger partial charge in [0.2, 0.25) is 5.91 Å². The van der Waals surface area contributed by atoms with E-state index in [1.807, 2.05) is 38.1 Å². The number of anilines is 1. The largest absolute Gasteiger partial charge is 0.481 e. The zero-order valence-electron chi connectivity index (χ0n) is 12.5. The summed E-state index contributed by atoms with van der Waals surface area (Å²) < 4.78 is 0. The zero-order chi connectivity index (χ0) is 15.6. The first kappa shape index (κ1) is 15.5. The molecule has 1 aromatic carbocycles. The average Bonchev–Trinajstić information content (AvgIpc) is 2.52. The zero-order valence-corrected chi connectivity index (χ0v) is 12.5. The van der Waals surface area contributed by atoms with Gasteiger partial charge in [-0.3, -0.25) is 9.59 Å². The quantitative estimate of drug-likeness (QED) is 0.883. The van der Waals surface area contributed by atoms with Crippen molar-refractivity contribution in [1.82, 2.24) is 0 Å². The number of fused-ring (bicyclic) bond motifs is 1. The first-order valence-electron chi connectivity index (χ1n) is 7.25. The number of carboxylic acid groups (broad SMARTS) is 1. The second-order valence-corrected chi connectivity index (χ2v) is 5.90. The fourth-order valence-electron chi connectivity index (χ4n) is 2.66. The minimum Gasteiger partial charge on any atom is -0.481 e. The Morgan fingerprint density at radius 3 is 2.67 bits per heavy atom. The standard InChI is InChI=1S/C16H22N2O3/c1-3-16(2,10-17)15(21)18-9-12(14(19)20)8-11-6-4-5-7-13(11)18/h4-7,12H,3,8-10,17H2,1-2H3,(H,19,20). The lowest BCUT2D eigenvalue weighted by atomic mass is 9.83. The molecule has 2 unspecified atom stereocenters. The summed E-state index contributed by atoms with van der Waals surface area (Å²) in [4.78, 5) is 25.8. The molecular formula is C16H22N2O3. The van der Waals surface area contributed by atoms with Crippen LogP contribution in [0.4, 0.5) is 5.69 Å². The Morgan fingerprint density at radius 2 is 2.10 bits per heavy atom. The highest BCUT2D eigenvalue weighted by Crippen LogP contribution is 2.34. The molecule has 0 spiro atoms. The maximum absolute atomic E-state index is 12.9. The fourth-order valence-corrected chi connectivity index (χ4v) is 2.66. The lowest BCUT2D eigenvalue weighted by Gasteiger charge is -2.38. The SMILES string of the molecule is CCC(C)(CN)C(=O)N1CC(C(=O)O)Cc2ccccc21. The van der Waals surface area contributed by atoms with E-state index in [2.05, 4.69) is 0 Å². The Morgan fingerprint density at radius 1 is 1.43 bits per heavy atom. The van der Waals surface area contributed by atoms with Crippen LogP contribution in [0.3, 0.4) is 0 Å². The second-order valence-electron chi connectivity index (χ2n) is 5.90. The molecule has 1 aliphatic heterocycles. The minimum atomic E-state index is -0.867. The lowest BCUT2D eigenvalue weighted by Crippen LogP contribution is -2.50. The van der Waals surface area contributed by atoms with E-state index in [1.165, 1.54) is 0 Å². The number of rotatable bonds is 4. The Bertz CT molecular complexity index is 552. The van der Waals surface area contributed by atoms with Crippen LogP contribution < -0.4 is 10.6 Å². The molecule has 1 aromatic rings. The van der Waals surface area contributed by atoms with Crippen molar-refractivity contribution in [2.45, 2.75) is 26.7 Å². The fraction of sp³-hybridized carbons (Fsp3) is 0.500. The number of amides is 1. The lowest BCUT2D eigenvalue weighted by molar-refractivity contribution is -0.141. The molecule has 2 rings (SSSR count). The predicted molar refractivity (Wildman–Crippen MR) is 81.1 cm³/mol. The van der Waals surface area contributed by atoms with Crippen LogP contribution in [0.1, 0.15) is 25.8 Å². The molecule has 21 heavy (non-hydrogen) atoms. The molecule has 5 heteroatoms. The number of nitrogens with zero attached hydrogens (tertiary/aromatic N) is 1. The number of para-hydroxylation sites is 1. The second kappa shape index (κ2) is 5.85. The van der Waals surface area contributed by atoms with Crippen LogP contribution in [0.2, 0.25) is 0 Å². The van der Waals surface area contributed by atoms with Crippen molar-refractivity contribution < 1.29 is 14.7 Å². The first-order valence-corrected chi connectivity index (χ1v) is 7.25. The van der Waals surface area contributed by atoms with Crippen LogP contribution in [0.15, 0.2) is 24.3 Å². The number of carbonyl (C=O) groups is 2. The highest BCUT2D eigenvalue weighted by atomic mass is 16.4. The van der Waals surface area contributed by atoms with Crippen molar-refractivity contribution >= 4 is 17.6 Å². The summed E-state index contributed by atoms with van der Waals surface area (Å²) in [5, 5.41) is 9.32. The molecule has 1 aliphatic rings. The molecule has 5 nitrogen and oxygen atoms in total. The van der Waals surface area contributed by atoms with Crippen LogP contribution in [0.25, 0.3) is 0 Å². The number of carboxylic acids is 1. The van der Waals surface area contributed by atoms with Crippen molar-refractivity contribution in [3.63, 3.8) is 0 Å². The van der Waals surface area contributed by atoms with E-state index in [0.29, 0.717) is 12.8 Å². The van der Waals surface area contributed by atoms with Gasteiger partial charge in [-0.15, -0.1) is 0 Å². The molecule has 0 fully saturated rings. The van der Waals surface area contributed by atoms with Crippen LogP contribution in [0.5, 0.6) is 0 Å². The summed E-state index contributed by atoms with van der Waals surface area (Å²) in [5.41, 5.74) is 6.83. The van der Waals surface area contributed by atoms with Gasteiger partial charge >= 0.3 is 5.97 Å². The van der Waals surface area contributed by atoms with Gasteiger partial charge in [0, 0.05) is 18.8 Å². The molecule has 1 heterocycles. The molecular weight excluding hydrogens is 268 g/mol. The molecule has 3 N–H and O–H groups in total. The summed E-state index contributed by atoms with van der Waals surface area (Å²) in [6.45, 7) is 4.22. The molecule has 0 aliphatic carbocycles. The minimum absolute atomic E-state index is 0.0918. The third-order valence-electron chi connectivity index (χ3n) is 4.49. The van der Waals surface area contributed by atoms with Gasteiger partial charge in [0.1, 0.15) is 0 Å². The molecule has 0 aromatic heterocycles. The molecule has 0 saturated heterocycles. The van der Waals surface area contributed by atoms with Gasteiger partial charge in [-0.1, -0.05) is 25.1 Å². The van der Waals surface area contributed by atoms with Crippen LogP contribution in [-0.4, -0.2) is 30.1 Å². The Balaban J connectivity index is 2.42. The summed E-state index contributed by atoms with van der Waals surface area (Å²) in [6.07, 6.45) is 1.08. The van der Waals surface area contributed by atoms with Crippen molar-refractivity contribution in [3.8, 4) is 0 Å². The van der Waals surface area contributed by atoms with Gasteiger partial charge in [0.25, 0.3) is 0 Å². The van der Waals surface area contributed by atoms with Crippen LogP contribution in [0, 0.1) is 11.3 Å². The van der Waals surface area contributed by atoms with Crippen LogP contribution >= 0.6 is 0 Å². The monoisotopic (exact) mass is 290 g/mol. The smallest absolute Gasteiger partial charge is 0.308 e. The number of benzene rings is 1. The normalized spacial score (nSPS) is 20.5. The summed E-state index contributed by atoms with van der Waals surface area (Å²) >= 11 is 0. The number of nitrogens with two attached hydrogens (primary N) is 1. The Hall–Kier alpha value is -1.88. The molecule has 0 saturated carbocycles. The van der Waals surface area contributed by atoms with E-state index in [1.54, 1.807) is 4.90 Å². The van der Waals surface area contributed by atoms with Crippen molar-refractivity contribution in [3.05, 3.63) is 29.8 Å². The van der Waals surface area contributed by atoms with Gasteiger partial charge < -0.3 is 15.7 Å². The molecule has 2 atom stereocenters. The van der Waals surface area contributed by atoms with E-state index in [0.717, 1.165) is 11.3 Å². The van der Waals surface area contributed by atoms with E-state index >= 15 is 0 Å². The van der Waals surface area contributed by atoms with Crippen molar-refractivity contribution in [2.75, 3.05) is 18.0 Å². The Labute approximate surface area is 124 Å². The summed E-state index contributed by atoms with van der Waals surface area (Å²) in [7, 11) is 0. The highest BCUT2D eigenvalue weighted by molar-refractivity contribution is 5.99. The van der Waals surface area contributed by atoms with Crippen molar-refractivity contribution in [2.24, 2.45) is 17.1 Å². The van der Waals surface area contributed by atoms with Gasteiger partial charge in [0.15, 0.2) is 0 Å². The van der Waals surface area contributed by atoms with Crippen molar-refractivity contribution in [1.29, 1.82) is 0 Å². The molecule has 1 amide bonds. The number of hydrogen-bond donors (Lipinski definition) is 2. The Kier molecular flexibility index (Phi) is 4.32. The summed E-state index contributed by atoms with van der Waals surface area (Å²) in [6, 6.07) is 7.49. The van der Waals surface area contributed by atoms with Gasteiger partial charge in [-0.2, -0.15) is 0 Å². The predicted octanol–water partition coefficient (Wildman–Crippen LogP) is 1.65. The number of carbonyl (C=O) groups excluding carboxylic acids is 1. The topological polar surface area (TPSA) is 83.6 Å². The highest BCUT2D eigenvalue weighted by Gasteiger charge is 2.39. The van der Waals surface area contributed by atoms with E-state index < -0.39 is 17.3 Å². The van der Waals surface area contributed by atoms with Gasteiger partial charge in [-0.05, 0) is 31.4 Å². The third kappa shape index (κ3) is 2.78. The van der Waals surface area contributed by atoms with Crippen LogP contribution in [-0.2, 0) is 16.0 Å². The maximum atomic E-state index is 12.9.